The largest absolute Gasteiger partial charge is 0.378 e. The highest BCUT2D eigenvalue weighted by Crippen LogP contribution is 2.28. The third-order valence-electron chi connectivity index (χ3n) is 2.03. The van der Waals surface area contributed by atoms with Crippen molar-refractivity contribution in [3.8, 4) is 0 Å². The fourth-order valence-corrected chi connectivity index (χ4v) is 1.29. The van der Waals surface area contributed by atoms with Crippen molar-refractivity contribution in [1.82, 2.24) is 0 Å². The molecule has 0 aromatic rings. The Bertz CT molecular complexity index is 129. The van der Waals surface area contributed by atoms with Crippen molar-refractivity contribution in [2.45, 2.75) is 37.5 Å². The van der Waals surface area contributed by atoms with Crippen molar-refractivity contribution in [1.29, 1.82) is 0 Å². The number of hydrogen-bond acceptors (Lipinski definition) is 1. The monoisotopic (exact) mass is 168 g/mol. The van der Waals surface area contributed by atoms with E-state index in [0.717, 1.165) is 0 Å². The normalized spacial score (nSPS) is 45.8. The van der Waals surface area contributed by atoms with Crippen molar-refractivity contribution < 1.29 is 17.9 Å². The van der Waals surface area contributed by atoms with Gasteiger partial charge in [-0.3, -0.25) is 0 Å². The second-order valence-corrected chi connectivity index (χ2v) is 2.76. The molecule has 1 saturated carbocycles. The Morgan fingerprint density at radius 1 is 1.09 bits per heavy atom. The van der Waals surface area contributed by atoms with E-state index in [1.807, 2.05) is 0 Å². The van der Waals surface area contributed by atoms with E-state index in [1.54, 1.807) is 0 Å². The van der Waals surface area contributed by atoms with Crippen LogP contribution in [-0.4, -0.2) is 31.7 Å². The van der Waals surface area contributed by atoms with Crippen LogP contribution in [0.1, 0.15) is 12.8 Å². The summed E-state index contributed by atoms with van der Waals surface area (Å²) in [6.45, 7) is 0. The molecule has 0 heterocycles. The lowest BCUT2D eigenvalue weighted by Crippen LogP contribution is -2.43. The maximum absolute atomic E-state index is 12.8. The van der Waals surface area contributed by atoms with Crippen LogP contribution >= 0.6 is 0 Å². The first-order valence-corrected chi connectivity index (χ1v) is 3.62. The summed E-state index contributed by atoms with van der Waals surface area (Å²) in [5.74, 6) is 0. The van der Waals surface area contributed by atoms with Gasteiger partial charge in [0.15, 0.2) is 12.3 Å². The van der Waals surface area contributed by atoms with Gasteiger partial charge >= 0.3 is 0 Å². The minimum absolute atomic E-state index is 0.0556. The fourth-order valence-electron chi connectivity index (χ4n) is 1.29. The maximum atomic E-state index is 12.8. The Balaban J connectivity index is 2.52. The number of alkyl halides is 3. The number of ether oxygens (including phenoxy) is 1. The summed E-state index contributed by atoms with van der Waals surface area (Å²) in [5, 5.41) is 0. The first kappa shape index (κ1) is 8.84. The molecule has 4 heteroatoms. The molecule has 0 aromatic carbocycles. The first-order chi connectivity index (χ1) is 5.16. The topological polar surface area (TPSA) is 9.23 Å². The van der Waals surface area contributed by atoms with Gasteiger partial charge in [0.05, 0.1) is 6.10 Å². The zero-order chi connectivity index (χ0) is 8.43. The molecule has 11 heavy (non-hydrogen) atoms. The molecule has 0 radical (unpaired) electrons. The standard InChI is InChI=1S/C7H11F3O/c1-11-5-3-2-4(8)6(9)7(5)10/h4-7H,2-3H2,1H3. The van der Waals surface area contributed by atoms with E-state index in [4.69, 9.17) is 0 Å². The molecular weight excluding hydrogens is 157 g/mol. The molecule has 0 bridgehead atoms. The average Bonchev–Trinajstić information content (AvgIpc) is 2.01. The van der Waals surface area contributed by atoms with Crippen molar-refractivity contribution in [2.24, 2.45) is 0 Å². The van der Waals surface area contributed by atoms with Gasteiger partial charge in [-0.1, -0.05) is 0 Å². The summed E-state index contributed by atoms with van der Waals surface area (Å²) in [6, 6.07) is 0. The van der Waals surface area contributed by atoms with Crippen LogP contribution in [0.15, 0.2) is 0 Å². The first-order valence-electron chi connectivity index (χ1n) is 3.62. The van der Waals surface area contributed by atoms with Crippen molar-refractivity contribution >= 4 is 0 Å². The quantitative estimate of drug-likeness (QED) is 0.580. The number of hydrogen-bond donors (Lipinski definition) is 0. The minimum atomic E-state index is -2.01. The van der Waals surface area contributed by atoms with Gasteiger partial charge in [0, 0.05) is 7.11 Å². The summed E-state index contributed by atoms with van der Waals surface area (Å²) in [5.41, 5.74) is 0. The molecule has 0 amide bonds. The van der Waals surface area contributed by atoms with Crippen LogP contribution in [0.25, 0.3) is 0 Å². The van der Waals surface area contributed by atoms with Gasteiger partial charge in [-0.15, -0.1) is 0 Å². The summed E-state index contributed by atoms with van der Waals surface area (Å²) >= 11 is 0. The molecule has 1 rings (SSSR count). The number of halogens is 3. The van der Waals surface area contributed by atoms with E-state index in [9.17, 15) is 13.2 Å². The highest BCUT2D eigenvalue weighted by molar-refractivity contribution is 4.88. The second-order valence-electron chi connectivity index (χ2n) is 2.76. The lowest BCUT2D eigenvalue weighted by Gasteiger charge is -2.29. The molecule has 1 aliphatic carbocycles. The fraction of sp³-hybridized carbons (Fsp3) is 1.00. The molecule has 4 unspecified atom stereocenters. The van der Waals surface area contributed by atoms with Crippen molar-refractivity contribution in [3.63, 3.8) is 0 Å². The molecule has 1 fully saturated rings. The molecule has 4 atom stereocenters. The zero-order valence-electron chi connectivity index (χ0n) is 6.27. The van der Waals surface area contributed by atoms with Gasteiger partial charge in [-0.05, 0) is 12.8 Å². The predicted molar refractivity (Wildman–Crippen MR) is 34.7 cm³/mol. The van der Waals surface area contributed by atoms with Crippen LogP contribution in [0.4, 0.5) is 13.2 Å². The van der Waals surface area contributed by atoms with Gasteiger partial charge in [0.2, 0.25) is 0 Å². The number of rotatable bonds is 1. The lowest BCUT2D eigenvalue weighted by molar-refractivity contribution is -0.0626. The van der Waals surface area contributed by atoms with Crippen LogP contribution in [0.2, 0.25) is 0 Å². The van der Waals surface area contributed by atoms with Crippen LogP contribution in [0.3, 0.4) is 0 Å². The smallest absolute Gasteiger partial charge is 0.165 e. The molecule has 0 N–H and O–H groups in total. The van der Waals surface area contributed by atoms with Gasteiger partial charge in [0.25, 0.3) is 0 Å². The van der Waals surface area contributed by atoms with E-state index in [0.29, 0.717) is 0 Å². The third kappa shape index (κ3) is 1.67. The molecule has 66 valence electrons. The Hall–Kier alpha value is -0.250. The average molecular weight is 168 g/mol. The summed E-state index contributed by atoms with van der Waals surface area (Å²) < 4.78 is 42.4. The highest BCUT2D eigenvalue weighted by atomic mass is 19.2. The van der Waals surface area contributed by atoms with Crippen LogP contribution in [-0.2, 0) is 4.74 Å². The van der Waals surface area contributed by atoms with E-state index in [1.165, 1.54) is 7.11 Å². The Kier molecular flexibility index (Phi) is 2.76. The summed E-state index contributed by atoms with van der Waals surface area (Å²) in [6.07, 6.45) is -5.91. The van der Waals surface area contributed by atoms with Crippen LogP contribution in [0, 0.1) is 0 Å². The van der Waals surface area contributed by atoms with Crippen molar-refractivity contribution in [3.05, 3.63) is 0 Å². The Labute approximate surface area is 63.5 Å². The SMILES string of the molecule is COC1CCC(F)C(F)C1F. The van der Waals surface area contributed by atoms with Gasteiger partial charge in [-0.25, -0.2) is 13.2 Å². The molecule has 0 aliphatic heterocycles. The maximum Gasteiger partial charge on any atom is 0.165 e. The third-order valence-corrected chi connectivity index (χ3v) is 2.03. The van der Waals surface area contributed by atoms with E-state index < -0.39 is 24.6 Å². The second kappa shape index (κ2) is 3.43. The Morgan fingerprint density at radius 2 is 1.73 bits per heavy atom. The Morgan fingerprint density at radius 3 is 2.27 bits per heavy atom. The lowest BCUT2D eigenvalue weighted by atomic mass is 9.92. The summed E-state index contributed by atoms with van der Waals surface area (Å²) in [4.78, 5) is 0. The van der Waals surface area contributed by atoms with Gasteiger partial charge < -0.3 is 4.74 Å². The predicted octanol–water partition coefficient (Wildman–Crippen LogP) is 1.81. The number of methoxy groups -OCH3 is 1. The summed E-state index contributed by atoms with van der Waals surface area (Å²) in [7, 11) is 1.31. The molecular formula is C7H11F3O. The molecule has 0 saturated heterocycles. The van der Waals surface area contributed by atoms with Crippen LogP contribution < -0.4 is 0 Å². The van der Waals surface area contributed by atoms with Gasteiger partial charge in [-0.2, -0.15) is 0 Å². The molecule has 1 nitrogen and oxygen atoms in total. The minimum Gasteiger partial charge on any atom is -0.378 e. The van der Waals surface area contributed by atoms with Crippen molar-refractivity contribution in [2.75, 3.05) is 7.11 Å². The highest BCUT2D eigenvalue weighted by Gasteiger charge is 2.40. The zero-order valence-corrected chi connectivity index (χ0v) is 6.27. The van der Waals surface area contributed by atoms with E-state index in [2.05, 4.69) is 4.74 Å². The van der Waals surface area contributed by atoms with E-state index >= 15 is 0 Å². The molecule has 1 aliphatic rings. The van der Waals surface area contributed by atoms with Crippen LogP contribution in [0.5, 0.6) is 0 Å². The van der Waals surface area contributed by atoms with E-state index in [-0.39, 0.29) is 12.8 Å². The molecule has 0 aromatic heterocycles. The molecule has 0 spiro atoms. The van der Waals surface area contributed by atoms with Gasteiger partial charge in [0.1, 0.15) is 6.17 Å².